The Bertz CT molecular complexity index is 286. The van der Waals surface area contributed by atoms with E-state index in [2.05, 4.69) is 22.2 Å². The van der Waals surface area contributed by atoms with Crippen LogP contribution in [0.4, 0.5) is 0 Å². The van der Waals surface area contributed by atoms with Gasteiger partial charge in [-0.1, -0.05) is 13.3 Å². The first-order chi connectivity index (χ1) is 7.42. The molecular formula is C12H19N3. The summed E-state index contributed by atoms with van der Waals surface area (Å²) in [6.07, 6.45) is 10.5. The molecule has 82 valence electrons. The van der Waals surface area contributed by atoms with Crippen molar-refractivity contribution in [3.8, 4) is 0 Å². The van der Waals surface area contributed by atoms with E-state index in [1.807, 2.05) is 6.20 Å². The maximum atomic E-state index is 4.42. The summed E-state index contributed by atoms with van der Waals surface area (Å²) in [7, 11) is 0. The van der Waals surface area contributed by atoms with Crippen molar-refractivity contribution in [1.82, 2.24) is 15.3 Å². The Morgan fingerprint density at radius 2 is 2.33 bits per heavy atom. The highest BCUT2D eigenvalue weighted by Gasteiger charge is 2.28. The summed E-state index contributed by atoms with van der Waals surface area (Å²) in [6.45, 7) is 3.32. The Morgan fingerprint density at radius 1 is 1.40 bits per heavy atom. The zero-order chi connectivity index (χ0) is 10.5. The van der Waals surface area contributed by atoms with Gasteiger partial charge in [-0.05, 0) is 25.8 Å². The first-order valence-electron chi connectivity index (χ1n) is 5.91. The summed E-state index contributed by atoms with van der Waals surface area (Å²) in [5.41, 5.74) is 1.16. The molecule has 3 nitrogen and oxygen atoms in total. The molecule has 1 aromatic heterocycles. The van der Waals surface area contributed by atoms with Crippen molar-refractivity contribution >= 4 is 0 Å². The third kappa shape index (κ3) is 2.53. The molecular weight excluding hydrogens is 186 g/mol. The summed E-state index contributed by atoms with van der Waals surface area (Å²) < 4.78 is 0. The van der Waals surface area contributed by atoms with E-state index in [9.17, 15) is 0 Å². The molecule has 0 bridgehead atoms. The fraction of sp³-hybridized carbons (Fsp3) is 0.667. The third-order valence-electron chi connectivity index (χ3n) is 3.14. The minimum absolute atomic E-state index is 0.574. The Kier molecular flexibility index (Phi) is 3.67. The SMILES string of the molecule is CCCNC1CCCC1c1cnccn1. The quantitative estimate of drug-likeness (QED) is 0.818. The van der Waals surface area contributed by atoms with E-state index in [4.69, 9.17) is 0 Å². The zero-order valence-electron chi connectivity index (χ0n) is 9.32. The number of nitrogens with one attached hydrogen (secondary N) is 1. The Morgan fingerprint density at radius 3 is 3.07 bits per heavy atom. The Hall–Kier alpha value is -0.960. The van der Waals surface area contributed by atoms with Crippen LogP contribution in [0.5, 0.6) is 0 Å². The van der Waals surface area contributed by atoms with Crippen LogP contribution in [0.2, 0.25) is 0 Å². The first kappa shape index (κ1) is 10.6. The van der Waals surface area contributed by atoms with Crippen LogP contribution in [0, 0.1) is 0 Å². The van der Waals surface area contributed by atoms with Crippen molar-refractivity contribution in [2.24, 2.45) is 0 Å². The molecule has 1 aliphatic rings. The molecule has 1 aromatic rings. The fourth-order valence-electron chi connectivity index (χ4n) is 2.39. The van der Waals surface area contributed by atoms with Crippen LogP contribution in [0.25, 0.3) is 0 Å². The lowest BCUT2D eigenvalue weighted by atomic mass is 10.00. The molecule has 0 aromatic carbocycles. The Balaban J connectivity index is 2.01. The van der Waals surface area contributed by atoms with Crippen LogP contribution in [-0.2, 0) is 0 Å². The minimum atomic E-state index is 0.574. The average molecular weight is 205 g/mol. The predicted molar refractivity (Wildman–Crippen MR) is 60.7 cm³/mol. The number of hydrogen-bond donors (Lipinski definition) is 1. The van der Waals surface area contributed by atoms with Gasteiger partial charge in [0.1, 0.15) is 0 Å². The van der Waals surface area contributed by atoms with Crippen LogP contribution < -0.4 is 5.32 Å². The monoisotopic (exact) mass is 205 g/mol. The van der Waals surface area contributed by atoms with Crippen molar-refractivity contribution in [1.29, 1.82) is 0 Å². The van der Waals surface area contributed by atoms with Gasteiger partial charge in [0.25, 0.3) is 0 Å². The molecule has 0 amide bonds. The van der Waals surface area contributed by atoms with E-state index in [-0.39, 0.29) is 0 Å². The van der Waals surface area contributed by atoms with Gasteiger partial charge in [-0.15, -0.1) is 0 Å². The molecule has 2 unspecified atom stereocenters. The molecule has 2 rings (SSSR count). The summed E-state index contributed by atoms with van der Waals surface area (Å²) in [5, 5.41) is 3.61. The van der Waals surface area contributed by atoms with Crippen LogP contribution in [-0.4, -0.2) is 22.6 Å². The molecule has 0 radical (unpaired) electrons. The lowest BCUT2D eigenvalue weighted by Crippen LogP contribution is -2.32. The highest BCUT2D eigenvalue weighted by Crippen LogP contribution is 2.32. The van der Waals surface area contributed by atoms with Gasteiger partial charge in [0, 0.05) is 30.6 Å². The zero-order valence-corrected chi connectivity index (χ0v) is 9.32. The number of rotatable bonds is 4. The van der Waals surface area contributed by atoms with E-state index >= 15 is 0 Å². The number of aromatic nitrogens is 2. The van der Waals surface area contributed by atoms with Crippen LogP contribution in [0.3, 0.4) is 0 Å². The second-order valence-corrected chi connectivity index (χ2v) is 4.23. The van der Waals surface area contributed by atoms with Crippen LogP contribution in [0.15, 0.2) is 18.6 Å². The van der Waals surface area contributed by atoms with Gasteiger partial charge in [0.05, 0.1) is 5.69 Å². The molecule has 1 N–H and O–H groups in total. The molecule has 0 spiro atoms. The summed E-state index contributed by atoms with van der Waals surface area (Å²) in [4.78, 5) is 8.57. The molecule has 3 heteroatoms. The van der Waals surface area contributed by atoms with Crippen molar-refractivity contribution in [3.63, 3.8) is 0 Å². The van der Waals surface area contributed by atoms with Gasteiger partial charge in [-0.3, -0.25) is 9.97 Å². The smallest absolute Gasteiger partial charge is 0.0633 e. The van der Waals surface area contributed by atoms with E-state index in [1.165, 1.54) is 25.7 Å². The summed E-state index contributed by atoms with van der Waals surface area (Å²) in [6, 6.07) is 0.613. The van der Waals surface area contributed by atoms with Crippen LogP contribution in [0.1, 0.15) is 44.2 Å². The average Bonchev–Trinajstić information content (AvgIpc) is 2.75. The maximum Gasteiger partial charge on any atom is 0.0633 e. The van der Waals surface area contributed by atoms with Gasteiger partial charge in [-0.2, -0.15) is 0 Å². The largest absolute Gasteiger partial charge is 0.313 e. The van der Waals surface area contributed by atoms with Gasteiger partial charge in [0.15, 0.2) is 0 Å². The lowest BCUT2D eigenvalue weighted by Gasteiger charge is -2.19. The van der Waals surface area contributed by atoms with Gasteiger partial charge in [0.2, 0.25) is 0 Å². The maximum absolute atomic E-state index is 4.42. The van der Waals surface area contributed by atoms with Crippen molar-refractivity contribution in [2.45, 2.75) is 44.6 Å². The van der Waals surface area contributed by atoms with Crippen molar-refractivity contribution < 1.29 is 0 Å². The number of nitrogens with zero attached hydrogens (tertiary/aromatic N) is 2. The molecule has 1 saturated carbocycles. The lowest BCUT2D eigenvalue weighted by molar-refractivity contribution is 0.472. The summed E-state index contributed by atoms with van der Waals surface area (Å²) in [5.74, 6) is 0.574. The third-order valence-corrected chi connectivity index (χ3v) is 3.14. The molecule has 1 fully saturated rings. The molecule has 2 atom stereocenters. The second-order valence-electron chi connectivity index (χ2n) is 4.23. The van der Waals surface area contributed by atoms with Gasteiger partial charge < -0.3 is 5.32 Å². The topological polar surface area (TPSA) is 37.8 Å². The molecule has 1 heterocycles. The Labute approximate surface area is 91.3 Å². The standard InChI is InChI=1S/C12H19N3/c1-2-6-14-11-5-3-4-10(11)12-9-13-7-8-15-12/h7-11,14H,2-6H2,1H3. The summed E-state index contributed by atoms with van der Waals surface area (Å²) >= 11 is 0. The fourth-order valence-corrected chi connectivity index (χ4v) is 2.39. The van der Waals surface area contributed by atoms with E-state index < -0.39 is 0 Å². The molecule has 0 saturated heterocycles. The molecule has 1 aliphatic carbocycles. The van der Waals surface area contributed by atoms with Gasteiger partial charge in [-0.25, -0.2) is 0 Å². The minimum Gasteiger partial charge on any atom is -0.313 e. The van der Waals surface area contributed by atoms with Crippen molar-refractivity contribution in [3.05, 3.63) is 24.3 Å². The number of hydrogen-bond acceptors (Lipinski definition) is 3. The highest BCUT2D eigenvalue weighted by atomic mass is 14.9. The highest BCUT2D eigenvalue weighted by molar-refractivity contribution is 5.09. The van der Waals surface area contributed by atoms with E-state index in [0.29, 0.717) is 12.0 Å². The molecule has 0 aliphatic heterocycles. The molecule has 15 heavy (non-hydrogen) atoms. The van der Waals surface area contributed by atoms with Gasteiger partial charge >= 0.3 is 0 Å². The van der Waals surface area contributed by atoms with E-state index in [1.54, 1.807) is 12.4 Å². The predicted octanol–water partition coefficient (Wildman–Crippen LogP) is 2.11. The van der Waals surface area contributed by atoms with Crippen molar-refractivity contribution in [2.75, 3.05) is 6.54 Å². The second kappa shape index (κ2) is 5.21. The van der Waals surface area contributed by atoms with E-state index in [0.717, 1.165) is 12.2 Å². The van der Waals surface area contributed by atoms with Crippen LogP contribution >= 0.6 is 0 Å². The normalized spacial score (nSPS) is 25.7. The first-order valence-corrected chi connectivity index (χ1v) is 5.91.